The van der Waals surface area contributed by atoms with Crippen molar-refractivity contribution in [3.63, 3.8) is 0 Å². The molecule has 1 aliphatic heterocycles. The zero-order valence-electron chi connectivity index (χ0n) is 13.1. The number of hydrogen-bond acceptors (Lipinski definition) is 4. The minimum atomic E-state index is -0.781. The van der Waals surface area contributed by atoms with Gasteiger partial charge in [-0.25, -0.2) is 4.98 Å². The van der Waals surface area contributed by atoms with Crippen molar-refractivity contribution in [1.82, 2.24) is 9.88 Å². The number of aromatic nitrogens is 1. The number of hydrogen-bond donors (Lipinski definition) is 1. The largest absolute Gasteiger partial charge is 0.481 e. The fourth-order valence-electron chi connectivity index (χ4n) is 3.01. The van der Waals surface area contributed by atoms with E-state index in [1.807, 2.05) is 11.8 Å². The average molecular weight is 324 g/mol. The van der Waals surface area contributed by atoms with Gasteiger partial charge in [0.2, 0.25) is 5.91 Å². The summed E-state index contributed by atoms with van der Waals surface area (Å²) in [5.74, 6) is -0.612. The van der Waals surface area contributed by atoms with E-state index in [-0.39, 0.29) is 18.4 Å². The van der Waals surface area contributed by atoms with Crippen LogP contribution in [0.1, 0.15) is 55.6 Å². The summed E-state index contributed by atoms with van der Waals surface area (Å²) >= 11 is 1.64. The van der Waals surface area contributed by atoms with Crippen LogP contribution in [0.3, 0.4) is 0 Å². The number of piperidine rings is 1. The summed E-state index contributed by atoms with van der Waals surface area (Å²) in [7, 11) is 0. The van der Waals surface area contributed by atoms with Crippen LogP contribution >= 0.6 is 11.3 Å². The maximum absolute atomic E-state index is 12.4. The number of carboxylic acids is 1. The van der Waals surface area contributed by atoms with Gasteiger partial charge in [0.25, 0.3) is 0 Å². The van der Waals surface area contributed by atoms with E-state index in [0.29, 0.717) is 12.8 Å². The lowest BCUT2D eigenvalue weighted by Crippen LogP contribution is -2.43. The van der Waals surface area contributed by atoms with Crippen molar-refractivity contribution < 1.29 is 14.7 Å². The molecule has 1 N–H and O–H groups in total. The van der Waals surface area contributed by atoms with Gasteiger partial charge in [0, 0.05) is 30.8 Å². The lowest BCUT2D eigenvalue weighted by atomic mass is 9.97. The molecule has 1 unspecified atom stereocenters. The molecule has 6 heteroatoms. The molecule has 22 heavy (non-hydrogen) atoms. The summed E-state index contributed by atoms with van der Waals surface area (Å²) in [4.78, 5) is 29.5. The number of aryl methyl sites for hydroxylation is 2. The van der Waals surface area contributed by atoms with E-state index < -0.39 is 5.97 Å². The maximum atomic E-state index is 12.4. The molecule has 1 atom stereocenters. The van der Waals surface area contributed by atoms with Gasteiger partial charge in [-0.15, -0.1) is 11.3 Å². The Labute approximate surface area is 135 Å². The molecule has 2 heterocycles. The summed E-state index contributed by atoms with van der Waals surface area (Å²) < 4.78 is 0. The van der Waals surface area contributed by atoms with Crippen LogP contribution < -0.4 is 0 Å². The van der Waals surface area contributed by atoms with E-state index >= 15 is 0 Å². The Kier molecular flexibility index (Phi) is 6.36. The number of thiazole rings is 1. The van der Waals surface area contributed by atoms with Crippen LogP contribution in [0.25, 0.3) is 0 Å². The summed E-state index contributed by atoms with van der Waals surface area (Å²) in [6.45, 7) is 2.76. The van der Waals surface area contributed by atoms with Gasteiger partial charge in [0.05, 0.1) is 10.7 Å². The molecule has 0 saturated carbocycles. The van der Waals surface area contributed by atoms with Crippen molar-refractivity contribution in [1.29, 1.82) is 0 Å². The molecule has 0 radical (unpaired) electrons. The number of carbonyl (C=O) groups excluding carboxylic acids is 1. The topological polar surface area (TPSA) is 70.5 Å². The summed E-state index contributed by atoms with van der Waals surface area (Å²) in [5, 5.41) is 11.9. The van der Waals surface area contributed by atoms with Gasteiger partial charge in [0.15, 0.2) is 0 Å². The van der Waals surface area contributed by atoms with E-state index in [1.54, 1.807) is 11.3 Å². The zero-order valence-corrected chi connectivity index (χ0v) is 13.9. The number of carbonyl (C=O) groups is 2. The van der Waals surface area contributed by atoms with Gasteiger partial charge in [-0.1, -0.05) is 0 Å². The summed E-state index contributed by atoms with van der Waals surface area (Å²) in [5.41, 5.74) is 1.07. The van der Waals surface area contributed by atoms with Crippen molar-refractivity contribution >= 4 is 23.2 Å². The molecule has 0 aromatic carbocycles. The predicted molar refractivity (Wildman–Crippen MR) is 86.0 cm³/mol. The number of carboxylic acid groups (broad SMARTS) is 1. The van der Waals surface area contributed by atoms with Crippen molar-refractivity contribution in [3.8, 4) is 0 Å². The SMILES string of the molecule is Cc1nc(CCCC(=O)N2CCCCC2CCC(=O)O)cs1. The second-order valence-corrected chi connectivity index (χ2v) is 6.94. The van der Waals surface area contributed by atoms with E-state index in [1.165, 1.54) is 0 Å². The van der Waals surface area contributed by atoms with Gasteiger partial charge < -0.3 is 10.0 Å². The van der Waals surface area contributed by atoms with Crippen LogP contribution in [0, 0.1) is 6.92 Å². The lowest BCUT2D eigenvalue weighted by Gasteiger charge is -2.35. The Hall–Kier alpha value is -1.43. The van der Waals surface area contributed by atoms with Crippen molar-refractivity contribution in [2.75, 3.05) is 6.54 Å². The lowest BCUT2D eigenvalue weighted by molar-refractivity contribution is -0.140. The highest BCUT2D eigenvalue weighted by Gasteiger charge is 2.26. The minimum Gasteiger partial charge on any atom is -0.481 e. The molecule has 1 aromatic rings. The molecule has 1 aliphatic rings. The Bertz CT molecular complexity index is 515. The summed E-state index contributed by atoms with van der Waals surface area (Å²) in [6, 6.07) is 0.110. The van der Waals surface area contributed by atoms with Crippen LogP contribution in [0.15, 0.2) is 5.38 Å². The highest BCUT2D eigenvalue weighted by atomic mass is 32.1. The molecule has 1 saturated heterocycles. The van der Waals surface area contributed by atoms with E-state index in [4.69, 9.17) is 5.11 Å². The third-order valence-corrected chi connectivity index (χ3v) is 4.95. The van der Waals surface area contributed by atoms with Crippen LogP contribution in [0.4, 0.5) is 0 Å². The third-order valence-electron chi connectivity index (χ3n) is 4.13. The van der Waals surface area contributed by atoms with Crippen molar-refractivity contribution in [3.05, 3.63) is 16.1 Å². The second kappa shape index (κ2) is 8.27. The van der Waals surface area contributed by atoms with Gasteiger partial charge in [-0.2, -0.15) is 0 Å². The first-order valence-electron chi connectivity index (χ1n) is 7.98. The molecule has 0 aliphatic carbocycles. The Balaban J connectivity index is 1.79. The molecule has 0 spiro atoms. The quantitative estimate of drug-likeness (QED) is 0.837. The monoisotopic (exact) mass is 324 g/mol. The van der Waals surface area contributed by atoms with Crippen LogP contribution in [0.5, 0.6) is 0 Å². The first-order valence-corrected chi connectivity index (χ1v) is 8.86. The predicted octanol–water partition coefficient (Wildman–Crippen LogP) is 3.02. The molecule has 1 fully saturated rings. The Morgan fingerprint density at radius 3 is 2.91 bits per heavy atom. The molecule has 2 rings (SSSR count). The van der Waals surface area contributed by atoms with Crippen molar-refractivity contribution in [2.24, 2.45) is 0 Å². The summed E-state index contributed by atoms with van der Waals surface area (Å²) in [6.07, 6.45) is 5.95. The molecule has 0 bridgehead atoms. The third kappa shape index (κ3) is 5.09. The minimum absolute atomic E-state index is 0.110. The normalized spacial score (nSPS) is 18.4. The van der Waals surface area contributed by atoms with E-state index in [2.05, 4.69) is 10.4 Å². The number of amides is 1. The maximum Gasteiger partial charge on any atom is 0.303 e. The van der Waals surface area contributed by atoms with Gasteiger partial charge >= 0.3 is 5.97 Å². The average Bonchev–Trinajstić information content (AvgIpc) is 2.91. The van der Waals surface area contributed by atoms with E-state index in [9.17, 15) is 9.59 Å². The Morgan fingerprint density at radius 1 is 1.41 bits per heavy atom. The zero-order chi connectivity index (χ0) is 15.9. The first-order chi connectivity index (χ1) is 10.6. The highest BCUT2D eigenvalue weighted by molar-refractivity contribution is 7.09. The number of nitrogens with zero attached hydrogens (tertiary/aromatic N) is 2. The molecule has 5 nitrogen and oxygen atoms in total. The van der Waals surface area contributed by atoms with Gasteiger partial charge in [-0.3, -0.25) is 9.59 Å². The Morgan fingerprint density at radius 2 is 2.23 bits per heavy atom. The van der Waals surface area contributed by atoms with Crippen LogP contribution in [-0.4, -0.2) is 39.5 Å². The second-order valence-electron chi connectivity index (χ2n) is 5.88. The van der Waals surface area contributed by atoms with Crippen molar-refractivity contribution in [2.45, 2.75) is 64.3 Å². The first kappa shape index (κ1) is 16.9. The molecular formula is C16H24N2O3S. The molecule has 1 amide bonds. The fourth-order valence-corrected chi connectivity index (χ4v) is 3.65. The number of likely N-dealkylation sites (tertiary alicyclic amines) is 1. The smallest absolute Gasteiger partial charge is 0.303 e. The number of aliphatic carboxylic acids is 1. The standard InChI is InChI=1S/C16H24N2O3S/c1-12-17-13(11-22-12)5-4-7-15(19)18-10-3-2-6-14(18)8-9-16(20)21/h11,14H,2-10H2,1H3,(H,20,21). The molecule has 1 aromatic heterocycles. The molecule has 122 valence electrons. The van der Waals surface area contributed by atoms with Crippen LogP contribution in [0.2, 0.25) is 0 Å². The highest BCUT2D eigenvalue weighted by Crippen LogP contribution is 2.22. The number of rotatable bonds is 7. The van der Waals surface area contributed by atoms with Gasteiger partial charge in [-0.05, 0) is 45.4 Å². The fraction of sp³-hybridized carbons (Fsp3) is 0.688. The van der Waals surface area contributed by atoms with E-state index in [0.717, 1.165) is 49.4 Å². The van der Waals surface area contributed by atoms with Crippen LogP contribution in [-0.2, 0) is 16.0 Å². The van der Waals surface area contributed by atoms with Gasteiger partial charge in [0.1, 0.15) is 0 Å². The molecular weight excluding hydrogens is 300 g/mol.